The number of rotatable bonds is 15. The Labute approximate surface area is 449 Å². The van der Waals surface area contributed by atoms with Crippen LogP contribution in [0.4, 0.5) is 45.5 Å². The predicted octanol–water partition coefficient (Wildman–Crippen LogP) is 19.5. The maximum absolute atomic E-state index is 2.48. The highest BCUT2D eigenvalue weighted by molar-refractivity contribution is 5.83. The van der Waals surface area contributed by atoms with Gasteiger partial charge in [-0.2, -0.15) is 0 Å². The molecular weight excluding hydrogens is 921 g/mol. The van der Waals surface area contributed by atoms with Crippen molar-refractivity contribution >= 4 is 45.5 Å². The molecule has 0 aliphatic heterocycles. The summed E-state index contributed by atoms with van der Waals surface area (Å²) in [5, 5.41) is 0. The van der Waals surface area contributed by atoms with Gasteiger partial charge in [-0.05, 0) is 181 Å². The fourth-order valence-electron chi connectivity index (χ4n) is 11.0. The largest absolute Gasteiger partial charge is 0.335 e. The minimum Gasteiger partial charge on any atom is -0.335 e. The summed E-state index contributed by atoms with van der Waals surface area (Å²) in [4.78, 5) is 9.64. The number of nitrogens with zero attached hydrogens (tertiary/aromatic N) is 4. The number of anilines is 8. The summed E-state index contributed by atoms with van der Waals surface area (Å²) in [7, 11) is 0. The van der Waals surface area contributed by atoms with E-state index >= 15 is 0 Å². The van der Waals surface area contributed by atoms with Crippen LogP contribution in [0, 0.1) is 0 Å². The van der Waals surface area contributed by atoms with Gasteiger partial charge in [0.25, 0.3) is 0 Å². The Bertz CT molecular complexity index is 3250. The molecule has 0 spiro atoms. The minimum atomic E-state index is 0.298. The van der Waals surface area contributed by atoms with Crippen LogP contribution in [0.5, 0.6) is 0 Å². The van der Waals surface area contributed by atoms with E-state index < -0.39 is 0 Å². The highest BCUT2D eigenvalue weighted by Crippen LogP contribution is 2.40. The number of allylic oxidation sites excluding steroid dienone is 10. The number of para-hydroxylation sites is 2. The molecule has 370 valence electrons. The van der Waals surface area contributed by atoms with Crippen molar-refractivity contribution in [2.75, 3.05) is 19.6 Å². The molecular formula is C72H62N4. The summed E-state index contributed by atoms with van der Waals surface area (Å²) in [6, 6.07) is 75.9. The van der Waals surface area contributed by atoms with Crippen LogP contribution in [-0.4, -0.2) is 12.1 Å². The monoisotopic (exact) mass is 982 g/mol. The lowest BCUT2D eigenvalue weighted by Gasteiger charge is -2.34. The first kappa shape index (κ1) is 47.9. The van der Waals surface area contributed by atoms with Crippen molar-refractivity contribution in [1.82, 2.24) is 0 Å². The van der Waals surface area contributed by atoms with Gasteiger partial charge in [-0.1, -0.05) is 182 Å². The van der Waals surface area contributed by atoms with Gasteiger partial charge in [-0.15, -0.1) is 0 Å². The van der Waals surface area contributed by atoms with E-state index in [2.05, 4.69) is 311 Å². The molecule has 0 fully saturated rings. The van der Waals surface area contributed by atoms with Crippen molar-refractivity contribution in [2.45, 2.75) is 50.6 Å². The standard InChI is InChI=1S/C72H62N4/c1-7-19-61(20-8-1)73(62-21-9-2-10-22-62)67-43-31-55(32-44-67)57-35-47-69(48-36-57)75(65-27-15-5-16-28-65)71-51-39-59(40-52-71)60-41-53-72(54-42-60)76(66-29-17-6-18-30-66)70-49-37-58(38-50-70)56-33-45-68(46-34-56)74(63-23-11-3-12-24-63)64-25-13-4-14-26-64/h1,3,5-9,11-13,15-19,21-23,25-54,61,63H,2,4,10,14,20,24H2. The Morgan fingerprint density at radius 1 is 0.263 bits per heavy atom. The second kappa shape index (κ2) is 22.6. The van der Waals surface area contributed by atoms with Crippen LogP contribution < -0.4 is 19.6 Å². The summed E-state index contributed by atoms with van der Waals surface area (Å²) in [6.07, 6.45) is 38.1. The van der Waals surface area contributed by atoms with Gasteiger partial charge in [-0.25, -0.2) is 0 Å². The van der Waals surface area contributed by atoms with Crippen molar-refractivity contribution in [2.24, 2.45) is 0 Å². The summed E-state index contributed by atoms with van der Waals surface area (Å²) in [5.41, 5.74) is 18.7. The average molecular weight is 983 g/mol. The van der Waals surface area contributed by atoms with Crippen molar-refractivity contribution in [3.8, 4) is 33.4 Å². The minimum absolute atomic E-state index is 0.298. The fourth-order valence-corrected chi connectivity index (χ4v) is 11.0. The molecule has 0 bridgehead atoms. The molecule has 0 radical (unpaired) electrons. The molecule has 76 heavy (non-hydrogen) atoms. The molecule has 2 atom stereocenters. The van der Waals surface area contributed by atoms with Crippen LogP contribution in [0.25, 0.3) is 33.4 Å². The van der Waals surface area contributed by atoms with Gasteiger partial charge in [0.15, 0.2) is 0 Å². The highest BCUT2D eigenvalue weighted by atomic mass is 15.2. The summed E-state index contributed by atoms with van der Waals surface area (Å²) < 4.78 is 0. The zero-order valence-electron chi connectivity index (χ0n) is 42.9. The topological polar surface area (TPSA) is 13.0 Å². The zero-order chi connectivity index (χ0) is 50.9. The van der Waals surface area contributed by atoms with E-state index in [9.17, 15) is 0 Å². The molecule has 12 rings (SSSR count). The Kier molecular flexibility index (Phi) is 14.2. The predicted molar refractivity (Wildman–Crippen MR) is 323 cm³/mol. The second-order valence-corrected chi connectivity index (χ2v) is 19.8. The quantitative estimate of drug-likeness (QED) is 0.101. The molecule has 0 aromatic heterocycles. The Morgan fingerprint density at radius 3 is 0.816 bits per heavy atom. The summed E-state index contributed by atoms with van der Waals surface area (Å²) >= 11 is 0. The molecule has 0 saturated heterocycles. The maximum Gasteiger partial charge on any atom is 0.0559 e. The van der Waals surface area contributed by atoms with E-state index in [1.165, 1.54) is 45.0 Å². The van der Waals surface area contributed by atoms with Crippen molar-refractivity contribution in [1.29, 1.82) is 0 Å². The number of benzene rings is 8. The van der Waals surface area contributed by atoms with Crippen LogP contribution in [0.3, 0.4) is 0 Å². The van der Waals surface area contributed by atoms with Gasteiger partial charge in [0.2, 0.25) is 0 Å². The van der Waals surface area contributed by atoms with Crippen LogP contribution >= 0.6 is 0 Å². The molecule has 0 amide bonds. The second-order valence-electron chi connectivity index (χ2n) is 19.8. The first-order chi connectivity index (χ1) is 37.7. The van der Waals surface area contributed by atoms with E-state index in [1.807, 2.05) is 0 Å². The molecule has 0 saturated carbocycles. The molecule has 0 heterocycles. The van der Waals surface area contributed by atoms with E-state index in [1.54, 1.807) is 0 Å². The highest BCUT2D eigenvalue weighted by Gasteiger charge is 2.23. The lowest BCUT2D eigenvalue weighted by Crippen LogP contribution is -2.33. The summed E-state index contributed by atoms with van der Waals surface area (Å²) in [5.74, 6) is 0. The first-order valence-corrected chi connectivity index (χ1v) is 27.0. The lowest BCUT2D eigenvalue weighted by atomic mass is 10.0. The molecule has 2 unspecified atom stereocenters. The third kappa shape index (κ3) is 10.5. The first-order valence-electron chi connectivity index (χ1n) is 27.0. The smallest absolute Gasteiger partial charge is 0.0559 e. The third-order valence-electron chi connectivity index (χ3n) is 14.9. The van der Waals surface area contributed by atoms with Crippen LogP contribution in [0.15, 0.2) is 303 Å². The van der Waals surface area contributed by atoms with Gasteiger partial charge in [0.05, 0.1) is 12.1 Å². The Morgan fingerprint density at radius 2 is 0.553 bits per heavy atom. The fraction of sp³-hybridized carbons (Fsp3) is 0.111. The van der Waals surface area contributed by atoms with Crippen molar-refractivity contribution in [3.05, 3.63) is 303 Å². The molecule has 4 nitrogen and oxygen atoms in total. The van der Waals surface area contributed by atoms with Gasteiger partial charge in [-0.3, -0.25) is 0 Å². The van der Waals surface area contributed by atoms with Gasteiger partial charge >= 0.3 is 0 Å². The Balaban J connectivity index is 0.764. The SMILES string of the molecule is C1=CCC(N(C2=CCCC=C2)c2ccc(-c3ccc(N(c4ccccc4)c4ccc(-c5ccc(N(c6ccccc6)c6ccc(-c7ccc(N(C8=CCCC=C8)C8C=CC=CC8)cc7)cc6)cc5)cc4)cc3)cc2)C=C1. The van der Waals surface area contributed by atoms with Gasteiger partial charge in [0.1, 0.15) is 0 Å². The van der Waals surface area contributed by atoms with E-state index in [0.717, 1.165) is 83.8 Å². The van der Waals surface area contributed by atoms with E-state index in [4.69, 9.17) is 0 Å². The summed E-state index contributed by atoms with van der Waals surface area (Å²) in [6.45, 7) is 0. The number of hydrogen-bond donors (Lipinski definition) is 0. The molecule has 0 N–H and O–H groups in total. The molecule has 8 aromatic carbocycles. The van der Waals surface area contributed by atoms with Gasteiger partial charge < -0.3 is 19.6 Å². The van der Waals surface area contributed by atoms with Crippen LogP contribution in [0.2, 0.25) is 0 Å². The maximum atomic E-state index is 2.48. The normalized spacial score (nSPS) is 16.5. The average Bonchev–Trinajstić information content (AvgIpc) is 3.51. The van der Waals surface area contributed by atoms with Crippen molar-refractivity contribution in [3.63, 3.8) is 0 Å². The van der Waals surface area contributed by atoms with Gasteiger partial charge in [0, 0.05) is 56.9 Å². The molecule has 4 aliphatic carbocycles. The number of hydrogen-bond acceptors (Lipinski definition) is 4. The van der Waals surface area contributed by atoms with Crippen LogP contribution in [-0.2, 0) is 0 Å². The van der Waals surface area contributed by atoms with Crippen molar-refractivity contribution < 1.29 is 0 Å². The lowest BCUT2D eigenvalue weighted by molar-refractivity contribution is 0.755. The Hall–Kier alpha value is -9.12. The molecule has 4 aliphatic rings. The van der Waals surface area contributed by atoms with E-state index in [-0.39, 0.29) is 0 Å². The molecule has 4 heteroatoms. The third-order valence-corrected chi connectivity index (χ3v) is 14.9. The van der Waals surface area contributed by atoms with E-state index in [0.29, 0.717) is 12.1 Å². The van der Waals surface area contributed by atoms with Crippen LogP contribution in [0.1, 0.15) is 38.5 Å². The zero-order valence-corrected chi connectivity index (χ0v) is 42.9. The molecule has 8 aromatic rings.